The van der Waals surface area contributed by atoms with Crippen LogP contribution in [0.1, 0.15) is 30.4 Å². The zero-order valence-electron chi connectivity index (χ0n) is 13.5. The molecule has 24 heavy (non-hydrogen) atoms. The molecule has 1 aliphatic carbocycles. The van der Waals surface area contributed by atoms with Crippen LogP contribution in [0.5, 0.6) is 0 Å². The van der Waals surface area contributed by atoms with Gasteiger partial charge in [0.05, 0.1) is 18.7 Å². The highest BCUT2D eigenvalue weighted by atomic mass is 19.3. The van der Waals surface area contributed by atoms with Gasteiger partial charge < -0.3 is 4.74 Å². The molecule has 1 aliphatic rings. The normalized spacial score (nSPS) is 22.3. The number of nitriles is 1. The summed E-state index contributed by atoms with van der Waals surface area (Å²) in [6.07, 6.45) is 2.08. The lowest BCUT2D eigenvalue weighted by Crippen LogP contribution is -2.33. The minimum absolute atomic E-state index is 0.00825. The lowest BCUT2D eigenvalue weighted by molar-refractivity contribution is -0.145. The molecule has 0 unspecified atom stereocenters. The van der Waals surface area contributed by atoms with Gasteiger partial charge in [-0.1, -0.05) is 24.8 Å². The van der Waals surface area contributed by atoms with E-state index < -0.39 is 23.2 Å². The highest BCUT2D eigenvalue weighted by molar-refractivity contribution is 5.88. The van der Waals surface area contributed by atoms with Crippen molar-refractivity contribution in [2.75, 3.05) is 7.11 Å². The predicted octanol–water partition coefficient (Wildman–Crippen LogP) is 4.15. The molecule has 0 spiro atoms. The Morgan fingerprint density at radius 2 is 2.12 bits per heavy atom. The van der Waals surface area contributed by atoms with Crippen LogP contribution in [-0.2, 0) is 14.9 Å². The summed E-state index contributed by atoms with van der Waals surface area (Å²) in [4.78, 5) is 12.3. The molecule has 0 saturated heterocycles. The number of nitrogens with zero attached hydrogens (tertiary/aromatic N) is 1. The lowest BCUT2D eigenvalue weighted by atomic mass is 9.88. The van der Waals surface area contributed by atoms with Crippen molar-refractivity contribution >= 4 is 5.97 Å². The second-order valence-corrected chi connectivity index (χ2v) is 5.96. The molecule has 0 amide bonds. The van der Waals surface area contributed by atoms with Crippen LogP contribution in [0.4, 0.5) is 8.78 Å². The Kier molecular flexibility index (Phi) is 4.88. The van der Waals surface area contributed by atoms with Gasteiger partial charge >= 0.3 is 5.97 Å². The molecular weight excluding hydrogens is 312 g/mol. The van der Waals surface area contributed by atoms with Crippen molar-refractivity contribution in [1.82, 2.24) is 0 Å². The lowest BCUT2D eigenvalue weighted by Gasteiger charge is -2.23. The van der Waals surface area contributed by atoms with Crippen LogP contribution in [-0.4, -0.2) is 19.0 Å². The second kappa shape index (κ2) is 6.56. The number of halogens is 2. The summed E-state index contributed by atoms with van der Waals surface area (Å²) in [7, 11) is 1.19. The van der Waals surface area contributed by atoms with E-state index in [9.17, 15) is 13.6 Å². The van der Waals surface area contributed by atoms with Crippen molar-refractivity contribution in [2.45, 2.75) is 30.6 Å². The van der Waals surface area contributed by atoms with E-state index in [1.54, 1.807) is 6.08 Å². The average molecular weight is 331 g/mol. The fraction of sp³-hybridized carbons (Fsp3) is 0.368. The van der Waals surface area contributed by atoms with Gasteiger partial charge in [-0.25, -0.2) is 8.78 Å². The molecule has 0 bridgehead atoms. The molecule has 0 heterocycles. The predicted molar refractivity (Wildman–Crippen MR) is 86.5 cm³/mol. The molecule has 126 valence electrons. The van der Waals surface area contributed by atoms with E-state index in [1.165, 1.54) is 31.4 Å². The largest absolute Gasteiger partial charge is 0.468 e. The molecule has 3 nitrogen and oxygen atoms in total. The molecule has 5 heteroatoms. The van der Waals surface area contributed by atoms with Crippen LogP contribution in [0.3, 0.4) is 0 Å². The third-order valence-electron chi connectivity index (χ3n) is 4.60. The monoisotopic (exact) mass is 331 g/mol. The fourth-order valence-electron chi connectivity index (χ4n) is 3.08. The summed E-state index contributed by atoms with van der Waals surface area (Å²) >= 11 is 0. The molecule has 1 aromatic carbocycles. The SMILES string of the molecule is C=CCCC(=C)C(F)(F)[C@H]1C[C@]1(C(=O)OC)c1ccc(C#N)cc1. The van der Waals surface area contributed by atoms with E-state index in [2.05, 4.69) is 13.2 Å². The Balaban J connectivity index is 2.35. The maximum Gasteiger partial charge on any atom is 0.316 e. The summed E-state index contributed by atoms with van der Waals surface area (Å²) in [5.41, 5.74) is -0.747. The van der Waals surface area contributed by atoms with E-state index in [-0.39, 0.29) is 18.4 Å². The molecule has 0 radical (unpaired) electrons. The van der Waals surface area contributed by atoms with Crippen molar-refractivity contribution in [2.24, 2.45) is 5.92 Å². The third kappa shape index (κ3) is 2.84. The molecule has 1 fully saturated rings. The number of benzene rings is 1. The zero-order valence-corrected chi connectivity index (χ0v) is 13.5. The highest BCUT2D eigenvalue weighted by Crippen LogP contribution is 2.63. The number of alkyl halides is 2. The Labute approximate surface area is 140 Å². The number of carbonyl (C=O) groups excluding carboxylic acids is 1. The van der Waals surface area contributed by atoms with Crippen LogP contribution < -0.4 is 0 Å². The Morgan fingerprint density at radius 1 is 1.50 bits per heavy atom. The number of hydrogen-bond acceptors (Lipinski definition) is 3. The molecule has 2 rings (SSSR count). The number of rotatable bonds is 7. The standard InChI is InChI=1S/C19H19F2NO2/c1-4-5-6-13(2)19(20,21)16-11-18(16,17(23)24-3)15-9-7-14(12-22)8-10-15/h4,7-10,16H,1-2,5-6,11H2,3H3/t16-,18-/m0/s1. The molecule has 0 N–H and O–H groups in total. The third-order valence-corrected chi connectivity index (χ3v) is 4.60. The van der Waals surface area contributed by atoms with Gasteiger partial charge in [-0.3, -0.25) is 4.79 Å². The number of methoxy groups -OCH3 is 1. The van der Waals surface area contributed by atoms with Gasteiger partial charge in [0.1, 0.15) is 5.41 Å². The van der Waals surface area contributed by atoms with Gasteiger partial charge in [0.15, 0.2) is 0 Å². The summed E-state index contributed by atoms with van der Waals surface area (Å²) < 4.78 is 34.3. The first kappa shape index (κ1) is 17.9. The van der Waals surface area contributed by atoms with E-state index in [0.29, 0.717) is 17.5 Å². The van der Waals surface area contributed by atoms with Crippen LogP contribution in [0.25, 0.3) is 0 Å². The van der Waals surface area contributed by atoms with Gasteiger partial charge in [0.2, 0.25) is 0 Å². The van der Waals surface area contributed by atoms with Crippen molar-refractivity contribution in [1.29, 1.82) is 5.26 Å². The zero-order chi connectivity index (χ0) is 18.0. The minimum Gasteiger partial charge on any atom is -0.468 e. The van der Waals surface area contributed by atoms with Crippen LogP contribution in [0, 0.1) is 17.2 Å². The number of esters is 1. The smallest absolute Gasteiger partial charge is 0.316 e. The van der Waals surface area contributed by atoms with Gasteiger partial charge in [-0.2, -0.15) is 5.26 Å². The van der Waals surface area contributed by atoms with Gasteiger partial charge in [-0.05, 0) is 42.5 Å². The first-order chi connectivity index (χ1) is 11.3. The Hall–Kier alpha value is -2.48. The summed E-state index contributed by atoms with van der Waals surface area (Å²) in [6, 6.07) is 8.07. The van der Waals surface area contributed by atoms with Gasteiger partial charge in [0, 0.05) is 5.92 Å². The molecular formula is C19H19F2NO2. The fourth-order valence-corrected chi connectivity index (χ4v) is 3.08. The second-order valence-electron chi connectivity index (χ2n) is 5.96. The minimum atomic E-state index is -3.18. The number of hydrogen-bond donors (Lipinski definition) is 0. The molecule has 2 atom stereocenters. The topological polar surface area (TPSA) is 50.1 Å². The van der Waals surface area contributed by atoms with Crippen molar-refractivity contribution in [3.05, 3.63) is 60.2 Å². The molecule has 0 aromatic heterocycles. The van der Waals surface area contributed by atoms with Crippen LogP contribution in [0.2, 0.25) is 0 Å². The van der Waals surface area contributed by atoms with E-state index in [1.807, 2.05) is 6.07 Å². The summed E-state index contributed by atoms with van der Waals surface area (Å²) in [6.45, 7) is 7.03. The van der Waals surface area contributed by atoms with Crippen LogP contribution in [0.15, 0.2) is 49.1 Å². The van der Waals surface area contributed by atoms with E-state index in [4.69, 9.17) is 10.00 Å². The summed E-state index contributed by atoms with van der Waals surface area (Å²) in [5, 5.41) is 8.86. The number of carbonyl (C=O) groups is 1. The number of allylic oxidation sites excluding steroid dienone is 2. The highest BCUT2D eigenvalue weighted by Gasteiger charge is 2.71. The maximum absolute atomic E-state index is 14.8. The van der Waals surface area contributed by atoms with Gasteiger partial charge in [0.25, 0.3) is 5.92 Å². The molecule has 0 aliphatic heterocycles. The quantitative estimate of drug-likeness (QED) is 0.557. The number of ether oxygens (including phenoxy) is 1. The van der Waals surface area contributed by atoms with E-state index in [0.717, 1.165) is 0 Å². The Bertz CT molecular complexity index is 703. The van der Waals surface area contributed by atoms with Crippen molar-refractivity contribution < 1.29 is 18.3 Å². The molecule has 1 saturated carbocycles. The average Bonchev–Trinajstić information content (AvgIpc) is 3.36. The molecule has 1 aromatic rings. The summed E-state index contributed by atoms with van der Waals surface area (Å²) in [5.74, 6) is -5.05. The maximum atomic E-state index is 14.8. The van der Waals surface area contributed by atoms with Gasteiger partial charge in [-0.15, -0.1) is 6.58 Å². The Morgan fingerprint density at radius 3 is 2.62 bits per heavy atom. The first-order valence-electron chi connectivity index (χ1n) is 7.60. The van der Waals surface area contributed by atoms with Crippen LogP contribution >= 0.6 is 0 Å². The first-order valence-corrected chi connectivity index (χ1v) is 7.60. The van der Waals surface area contributed by atoms with Crippen molar-refractivity contribution in [3.8, 4) is 6.07 Å². The van der Waals surface area contributed by atoms with Crippen molar-refractivity contribution in [3.63, 3.8) is 0 Å². The van der Waals surface area contributed by atoms with E-state index >= 15 is 0 Å².